The van der Waals surface area contributed by atoms with Gasteiger partial charge < -0.3 is 11.1 Å². The summed E-state index contributed by atoms with van der Waals surface area (Å²) in [5.74, 6) is 0. The van der Waals surface area contributed by atoms with Crippen LogP contribution in [0.5, 0.6) is 0 Å². The third kappa shape index (κ3) is 3.22. The van der Waals surface area contributed by atoms with Gasteiger partial charge in [0.05, 0.1) is 0 Å². The number of nitrogens with one attached hydrogen (secondary N) is 1. The van der Waals surface area contributed by atoms with Gasteiger partial charge in [0.15, 0.2) is 0 Å². The molecular formula is C13H19BrN2. The molecule has 16 heavy (non-hydrogen) atoms. The third-order valence-electron chi connectivity index (χ3n) is 3.13. The number of nitrogens with two attached hydrogens (primary N) is 1. The average Bonchev–Trinajstić information content (AvgIpc) is 2.15. The van der Waals surface area contributed by atoms with Gasteiger partial charge >= 0.3 is 0 Å². The van der Waals surface area contributed by atoms with E-state index >= 15 is 0 Å². The first-order valence-electron chi connectivity index (χ1n) is 5.93. The van der Waals surface area contributed by atoms with Crippen LogP contribution in [-0.2, 0) is 0 Å². The van der Waals surface area contributed by atoms with Gasteiger partial charge in [0.2, 0.25) is 0 Å². The molecule has 0 bridgehead atoms. The average molecular weight is 283 g/mol. The first-order chi connectivity index (χ1) is 7.63. The summed E-state index contributed by atoms with van der Waals surface area (Å²) >= 11 is 3.52. The molecule has 1 fully saturated rings. The Labute approximate surface area is 106 Å². The summed E-state index contributed by atoms with van der Waals surface area (Å²) < 4.78 is 1.13. The molecule has 0 spiro atoms. The Balaban J connectivity index is 2.02. The van der Waals surface area contributed by atoms with E-state index in [0.717, 1.165) is 10.9 Å². The molecule has 0 amide bonds. The van der Waals surface area contributed by atoms with Gasteiger partial charge in [0.25, 0.3) is 0 Å². The summed E-state index contributed by atoms with van der Waals surface area (Å²) in [4.78, 5) is 0. The van der Waals surface area contributed by atoms with Crippen molar-refractivity contribution < 1.29 is 0 Å². The zero-order chi connectivity index (χ0) is 11.5. The van der Waals surface area contributed by atoms with Crippen LogP contribution in [0.2, 0.25) is 0 Å². The topological polar surface area (TPSA) is 38.0 Å². The predicted molar refractivity (Wildman–Crippen MR) is 72.7 cm³/mol. The number of aryl methyl sites for hydroxylation is 1. The summed E-state index contributed by atoms with van der Waals surface area (Å²) in [6.45, 7) is 2.11. The van der Waals surface area contributed by atoms with Crippen molar-refractivity contribution in [1.82, 2.24) is 0 Å². The normalized spacial score (nSPS) is 25.4. The van der Waals surface area contributed by atoms with Crippen LogP contribution in [0, 0.1) is 6.92 Å². The maximum atomic E-state index is 5.99. The first-order valence-corrected chi connectivity index (χ1v) is 6.72. The largest absolute Gasteiger partial charge is 0.382 e. The molecule has 2 rings (SSSR count). The van der Waals surface area contributed by atoms with Gasteiger partial charge in [-0.2, -0.15) is 0 Å². The van der Waals surface area contributed by atoms with Gasteiger partial charge in [-0.25, -0.2) is 0 Å². The summed E-state index contributed by atoms with van der Waals surface area (Å²) in [5.41, 5.74) is 8.46. The Bertz CT molecular complexity index is 345. The van der Waals surface area contributed by atoms with E-state index in [1.165, 1.54) is 30.5 Å². The van der Waals surface area contributed by atoms with E-state index in [1.54, 1.807) is 0 Å². The van der Waals surface area contributed by atoms with Crippen LogP contribution < -0.4 is 11.1 Å². The second kappa shape index (κ2) is 5.19. The molecule has 0 saturated heterocycles. The Hall–Kier alpha value is -0.540. The molecular weight excluding hydrogens is 264 g/mol. The molecule has 3 heteroatoms. The number of rotatable bonds is 2. The molecule has 0 radical (unpaired) electrons. The van der Waals surface area contributed by atoms with E-state index in [0.29, 0.717) is 12.1 Å². The highest BCUT2D eigenvalue weighted by atomic mass is 79.9. The Kier molecular flexibility index (Phi) is 3.87. The SMILES string of the molecule is Cc1cc(Br)cc(NC2CCCC(N)C2)c1. The lowest BCUT2D eigenvalue weighted by Crippen LogP contribution is -2.34. The molecule has 0 aliphatic heterocycles. The van der Waals surface area contributed by atoms with E-state index in [4.69, 9.17) is 5.73 Å². The highest BCUT2D eigenvalue weighted by Gasteiger charge is 2.18. The molecule has 88 valence electrons. The molecule has 2 nitrogen and oxygen atoms in total. The summed E-state index contributed by atoms with van der Waals surface area (Å²) in [6, 6.07) is 7.35. The van der Waals surface area contributed by atoms with Gasteiger partial charge in [-0.3, -0.25) is 0 Å². The highest BCUT2D eigenvalue weighted by Crippen LogP contribution is 2.24. The van der Waals surface area contributed by atoms with E-state index in [-0.39, 0.29) is 0 Å². The lowest BCUT2D eigenvalue weighted by molar-refractivity contribution is 0.409. The summed E-state index contributed by atoms with van der Waals surface area (Å²) in [5, 5.41) is 3.58. The molecule has 3 N–H and O–H groups in total. The van der Waals surface area contributed by atoms with Crippen molar-refractivity contribution in [2.75, 3.05) is 5.32 Å². The van der Waals surface area contributed by atoms with Gasteiger partial charge in [-0.05, 0) is 56.4 Å². The standard InChI is InChI=1S/C13H19BrN2/c1-9-5-10(14)7-13(6-9)16-12-4-2-3-11(15)8-12/h5-7,11-12,16H,2-4,8,15H2,1H3. The third-order valence-corrected chi connectivity index (χ3v) is 3.59. The van der Waals surface area contributed by atoms with E-state index in [2.05, 4.69) is 46.4 Å². The van der Waals surface area contributed by atoms with Crippen LogP contribution in [0.1, 0.15) is 31.2 Å². The van der Waals surface area contributed by atoms with Crippen molar-refractivity contribution in [2.45, 2.75) is 44.7 Å². The quantitative estimate of drug-likeness (QED) is 0.872. The molecule has 2 atom stereocenters. The maximum Gasteiger partial charge on any atom is 0.0356 e. The fraction of sp³-hybridized carbons (Fsp3) is 0.538. The summed E-state index contributed by atoms with van der Waals surface area (Å²) in [6.07, 6.45) is 4.74. The second-order valence-electron chi connectivity index (χ2n) is 4.79. The molecule has 1 aromatic carbocycles. The zero-order valence-electron chi connectivity index (χ0n) is 9.67. The van der Waals surface area contributed by atoms with Crippen molar-refractivity contribution in [3.8, 4) is 0 Å². The van der Waals surface area contributed by atoms with Gasteiger partial charge in [-0.15, -0.1) is 0 Å². The van der Waals surface area contributed by atoms with Crippen molar-refractivity contribution in [3.05, 3.63) is 28.2 Å². The number of halogens is 1. The Morgan fingerprint density at radius 1 is 1.31 bits per heavy atom. The molecule has 2 unspecified atom stereocenters. The van der Waals surface area contributed by atoms with Gasteiger partial charge in [0.1, 0.15) is 0 Å². The number of benzene rings is 1. The fourth-order valence-electron chi connectivity index (χ4n) is 2.41. The minimum atomic E-state index is 0.375. The second-order valence-corrected chi connectivity index (χ2v) is 5.70. The molecule has 1 aliphatic carbocycles. The van der Waals surface area contributed by atoms with Crippen molar-refractivity contribution in [2.24, 2.45) is 5.73 Å². The minimum absolute atomic E-state index is 0.375. The van der Waals surface area contributed by atoms with Crippen molar-refractivity contribution >= 4 is 21.6 Å². The predicted octanol–water partition coefficient (Wildman–Crippen LogP) is 3.44. The number of anilines is 1. The highest BCUT2D eigenvalue weighted by molar-refractivity contribution is 9.10. The van der Waals surface area contributed by atoms with Crippen LogP contribution in [0.15, 0.2) is 22.7 Å². The minimum Gasteiger partial charge on any atom is -0.382 e. The fourth-order valence-corrected chi connectivity index (χ4v) is 3.02. The monoisotopic (exact) mass is 282 g/mol. The molecule has 1 aromatic rings. The van der Waals surface area contributed by atoms with Gasteiger partial charge in [0, 0.05) is 22.2 Å². The molecule has 1 aliphatic rings. The smallest absolute Gasteiger partial charge is 0.0356 e. The first kappa shape index (κ1) is 11.9. The van der Waals surface area contributed by atoms with Crippen molar-refractivity contribution in [1.29, 1.82) is 0 Å². The number of hydrogen-bond donors (Lipinski definition) is 2. The lowest BCUT2D eigenvalue weighted by atomic mass is 9.91. The van der Waals surface area contributed by atoms with Crippen molar-refractivity contribution in [3.63, 3.8) is 0 Å². The Morgan fingerprint density at radius 2 is 2.12 bits per heavy atom. The van der Waals surface area contributed by atoms with Crippen LogP contribution in [-0.4, -0.2) is 12.1 Å². The molecule has 0 heterocycles. The van der Waals surface area contributed by atoms with Crippen LogP contribution in [0.25, 0.3) is 0 Å². The van der Waals surface area contributed by atoms with Gasteiger partial charge in [-0.1, -0.05) is 15.9 Å². The maximum absolute atomic E-state index is 5.99. The zero-order valence-corrected chi connectivity index (χ0v) is 11.3. The molecule has 1 saturated carbocycles. The van der Waals surface area contributed by atoms with Crippen LogP contribution in [0.3, 0.4) is 0 Å². The summed E-state index contributed by atoms with van der Waals surface area (Å²) in [7, 11) is 0. The Morgan fingerprint density at radius 3 is 2.81 bits per heavy atom. The van der Waals surface area contributed by atoms with E-state index in [9.17, 15) is 0 Å². The van der Waals surface area contributed by atoms with Crippen LogP contribution in [0.4, 0.5) is 5.69 Å². The van der Waals surface area contributed by atoms with E-state index in [1.807, 2.05) is 0 Å². The lowest BCUT2D eigenvalue weighted by Gasteiger charge is -2.28. The van der Waals surface area contributed by atoms with E-state index < -0.39 is 0 Å². The molecule has 0 aromatic heterocycles. The number of hydrogen-bond acceptors (Lipinski definition) is 2. The van der Waals surface area contributed by atoms with Crippen LogP contribution >= 0.6 is 15.9 Å².